The van der Waals surface area contributed by atoms with Crippen LogP contribution in [0.3, 0.4) is 0 Å². The van der Waals surface area contributed by atoms with Gasteiger partial charge in [0, 0.05) is 30.6 Å². The second-order valence-corrected chi connectivity index (χ2v) is 15.5. The normalized spacial score (nSPS) is 44.8. The van der Waals surface area contributed by atoms with E-state index in [4.69, 9.17) is 23.7 Å². The molecule has 0 spiro atoms. The quantitative estimate of drug-likeness (QED) is 0.169. The number of aldehydes is 1. The van der Waals surface area contributed by atoms with E-state index in [2.05, 4.69) is 0 Å². The lowest BCUT2D eigenvalue weighted by molar-refractivity contribution is -0.341. The molecule has 14 heteroatoms. The van der Waals surface area contributed by atoms with Crippen molar-refractivity contribution < 1.29 is 63.6 Å². The van der Waals surface area contributed by atoms with Gasteiger partial charge in [-0.3, -0.25) is 9.59 Å². The Labute approximate surface area is 308 Å². The molecule has 0 amide bonds. The maximum atomic E-state index is 13.3. The summed E-state index contributed by atoms with van der Waals surface area (Å²) in [6, 6.07) is -0.720. The molecule has 0 bridgehead atoms. The highest BCUT2D eigenvalue weighted by Gasteiger charge is 2.51. The number of cyclic esters (lactones) is 1. The Kier molecular flexibility index (Phi) is 16.6. The van der Waals surface area contributed by atoms with Gasteiger partial charge in [0.2, 0.25) is 0 Å². The fourth-order valence-electron chi connectivity index (χ4n) is 7.68. The number of hydrogen-bond acceptors (Lipinski definition) is 14. The summed E-state index contributed by atoms with van der Waals surface area (Å²) in [5, 5.41) is 54.5. The zero-order valence-corrected chi connectivity index (χ0v) is 32.2. The van der Waals surface area contributed by atoms with E-state index < -0.39 is 109 Å². The van der Waals surface area contributed by atoms with Gasteiger partial charge in [0.1, 0.15) is 30.7 Å². The number of hydrogen-bond donors (Lipinski definition) is 5. The Balaban J connectivity index is 1.96. The fourth-order valence-corrected chi connectivity index (χ4v) is 7.68. The van der Waals surface area contributed by atoms with Crippen molar-refractivity contribution >= 4 is 18.0 Å². The van der Waals surface area contributed by atoms with Gasteiger partial charge in [0.05, 0.1) is 49.1 Å². The van der Waals surface area contributed by atoms with Gasteiger partial charge in [0.15, 0.2) is 18.4 Å². The van der Waals surface area contributed by atoms with Gasteiger partial charge in [-0.15, -0.1) is 0 Å². The highest BCUT2D eigenvalue weighted by molar-refractivity contribution is 5.91. The van der Waals surface area contributed by atoms with Gasteiger partial charge in [0.25, 0.3) is 0 Å². The van der Waals surface area contributed by atoms with Gasteiger partial charge >= 0.3 is 5.97 Å². The van der Waals surface area contributed by atoms with Crippen molar-refractivity contribution in [2.45, 2.75) is 154 Å². The van der Waals surface area contributed by atoms with Crippen molar-refractivity contribution in [3.8, 4) is 0 Å². The fraction of sp³-hybridized carbons (Fsp3) is 0.816. The molecule has 298 valence electrons. The minimum atomic E-state index is -1.47. The number of allylic oxidation sites excluding steroid dienone is 3. The van der Waals surface area contributed by atoms with Crippen LogP contribution in [0.5, 0.6) is 0 Å². The molecular weight excluding hydrogens is 678 g/mol. The summed E-state index contributed by atoms with van der Waals surface area (Å²) in [7, 11) is 3.51. The third-order valence-electron chi connectivity index (χ3n) is 10.9. The number of aliphatic hydroxyl groups excluding tert-OH is 4. The zero-order valence-electron chi connectivity index (χ0n) is 32.2. The first-order valence-electron chi connectivity index (χ1n) is 18.5. The van der Waals surface area contributed by atoms with Crippen LogP contribution in [0.2, 0.25) is 0 Å². The van der Waals surface area contributed by atoms with Crippen LogP contribution in [0, 0.1) is 23.7 Å². The van der Waals surface area contributed by atoms with Gasteiger partial charge in [-0.2, -0.15) is 0 Å². The molecule has 52 heavy (non-hydrogen) atoms. The first-order valence-corrected chi connectivity index (χ1v) is 18.5. The van der Waals surface area contributed by atoms with Gasteiger partial charge in [-0.1, -0.05) is 38.5 Å². The van der Waals surface area contributed by atoms with E-state index >= 15 is 0 Å². The highest BCUT2D eigenvalue weighted by Crippen LogP contribution is 2.37. The number of aliphatic hydroxyl groups is 5. The van der Waals surface area contributed by atoms with Crippen molar-refractivity contribution in [3.63, 3.8) is 0 Å². The Bertz CT molecular complexity index is 1240. The van der Waals surface area contributed by atoms with Crippen molar-refractivity contribution in [1.29, 1.82) is 0 Å². The third kappa shape index (κ3) is 11.2. The summed E-state index contributed by atoms with van der Waals surface area (Å²) >= 11 is 0. The first kappa shape index (κ1) is 44.3. The van der Waals surface area contributed by atoms with Crippen LogP contribution in [0.25, 0.3) is 0 Å². The van der Waals surface area contributed by atoms with Gasteiger partial charge in [-0.25, -0.2) is 0 Å². The molecule has 2 saturated heterocycles. The summed E-state index contributed by atoms with van der Waals surface area (Å²) in [4.78, 5) is 40.3. The molecule has 0 aromatic carbocycles. The van der Waals surface area contributed by atoms with Crippen LogP contribution >= 0.6 is 0 Å². The SMILES string of the molecule is CC[C@H]1OC(=O)C[C@@H](O)[C@H](C)[C@@H](O[C@@H]2OC(C)C(O[C@H]3CC(C)(O)C(O)C(C)O3)C(N(C)C)C2O)[C@@H](CC=O)C[C@@H](C)C(=O)/C=C/C(C)=C/[C@@H]1CO. The molecule has 0 radical (unpaired) electrons. The third-order valence-corrected chi connectivity index (χ3v) is 10.9. The lowest BCUT2D eigenvalue weighted by Gasteiger charge is -2.50. The van der Waals surface area contributed by atoms with Crippen LogP contribution in [0.1, 0.15) is 80.6 Å². The lowest BCUT2D eigenvalue weighted by Crippen LogP contribution is -2.65. The number of nitrogens with zero attached hydrogens (tertiary/aromatic N) is 1. The summed E-state index contributed by atoms with van der Waals surface area (Å²) in [5.41, 5.74) is -0.773. The van der Waals surface area contributed by atoms with E-state index in [1.165, 1.54) is 13.0 Å². The van der Waals surface area contributed by atoms with E-state index in [-0.39, 0.29) is 31.7 Å². The molecule has 5 N–H and O–H groups in total. The smallest absolute Gasteiger partial charge is 0.308 e. The molecule has 3 aliphatic rings. The minimum Gasteiger partial charge on any atom is -0.462 e. The first-order chi connectivity index (χ1) is 24.3. The van der Waals surface area contributed by atoms with Crippen LogP contribution in [0.15, 0.2) is 23.8 Å². The van der Waals surface area contributed by atoms with Gasteiger partial charge in [-0.05, 0) is 66.6 Å². The van der Waals surface area contributed by atoms with Crippen molar-refractivity contribution in [3.05, 3.63) is 23.8 Å². The number of ether oxygens (including phenoxy) is 5. The van der Waals surface area contributed by atoms with Crippen LogP contribution in [-0.4, -0.2) is 142 Å². The zero-order chi connectivity index (χ0) is 39.1. The summed E-state index contributed by atoms with van der Waals surface area (Å²) in [6.45, 7) is 11.6. The molecule has 16 atom stereocenters. The molecule has 3 aliphatic heterocycles. The number of likely N-dealkylation sites (N-methyl/N-ethyl adjacent to an activating group) is 1. The highest BCUT2D eigenvalue weighted by atomic mass is 16.7. The number of carbonyl (C=O) groups is 3. The van der Waals surface area contributed by atoms with E-state index in [1.807, 2.05) is 6.92 Å². The number of carbonyl (C=O) groups excluding carboxylic acids is 3. The second kappa shape index (κ2) is 19.5. The van der Waals surface area contributed by atoms with Crippen molar-refractivity contribution in [2.75, 3.05) is 20.7 Å². The standard InChI is InChI=1S/C38H63NO13/c1-10-29-26(19-41)15-20(2)11-12-27(42)21(3)16-25(13-14-40)34(22(4)28(43)17-30(44)50-29)52-37-33(45)32(39(8)9)35(23(5)49-37)51-31-18-38(7,47)36(46)24(6)48-31/h11-12,14-15,21-26,28-29,31-37,41,43,45-47H,10,13,16-19H2,1-9H3/b12-11+,20-15+/t21-,22+,23?,24?,25+,26-,28-,29-,31+,32?,33?,34-,35?,36?,37+,38?/m1/s1. The van der Waals surface area contributed by atoms with Crippen molar-refractivity contribution in [1.82, 2.24) is 4.90 Å². The van der Waals surface area contributed by atoms with Gasteiger partial charge < -0.3 is 58.9 Å². The molecule has 3 heterocycles. The Morgan fingerprint density at radius 1 is 1.02 bits per heavy atom. The Morgan fingerprint density at radius 3 is 2.27 bits per heavy atom. The predicted molar refractivity (Wildman–Crippen MR) is 190 cm³/mol. The number of ketones is 1. The van der Waals surface area contributed by atoms with Crippen molar-refractivity contribution in [2.24, 2.45) is 23.7 Å². The lowest BCUT2D eigenvalue weighted by atomic mass is 9.79. The molecule has 3 rings (SSSR count). The molecule has 0 aromatic rings. The number of esters is 1. The number of rotatable bonds is 9. The predicted octanol–water partition coefficient (Wildman–Crippen LogP) is 1.67. The molecule has 7 unspecified atom stereocenters. The summed E-state index contributed by atoms with van der Waals surface area (Å²) in [6.07, 6.45) is -4.08. The summed E-state index contributed by atoms with van der Waals surface area (Å²) in [5.74, 6) is -3.38. The minimum absolute atomic E-state index is 0.0210. The molecule has 0 saturated carbocycles. The average molecular weight is 742 g/mol. The van der Waals surface area contributed by atoms with E-state index in [0.29, 0.717) is 12.0 Å². The largest absolute Gasteiger partial charge is 0.462 e. The van der Waals surface area contributed by atoms with Crippen LogP contribution in [-0.2, 0) is 38.1 Å². The van der Waals surface area contributed by atoms with E-state index in [9.17, 15) is 39.9 Å². The Morgan fingerprint density at radius 2 is 1.69 bits per heavy atom. The molecule has 0 aromatic heterocycles. The molecule has 2 fully saturated rings. The van der Waals surface area contributed by atoms with E-state index in [0.717, 1.165) is 6.29 Å². The monoisotopic (exact) mass is 741 g/mol. The molecular formula is C38H63NO13. The Hall–Kier alpha value is -2.11. The topological polar surface area (TPSA) is 202 Å². The van der Waals surface area contributed by atoms with E-state index in [1.54, 1.807) is 65.8 Å². The average Bonchev–Trinajstić information content (AvgIpc) is 3.07. The summed E-state index contributed by atoms with van der Waals surface area (Å²) < 4.78 is 30.7. The maximum Gasteiger partial charge on any atom is 0.308 e. The second-order valence-electron chi connectivity index (χ2n) is 15.5. The van der Waals surface area contributed by atoms with Crippen LogP contribution < -0.4 is 0 Å². The molecule has 0 aliphatic carbocycles. The molecule has 14 nitrogen and oxygen atoms in total. The van der Waals surface area contributed by atoms with Crippen LogP contribution in [0.4, 0.5) is 0 Å². The maximum absolute atomic E-state index is 13.3.